The van der Waals surface area contributed by atoms with Crippen molar-refractivity contribution in [1.29, 1.82) is 0 Å². The quantitative estimate of drug-likeness (QED) is 0.634. The van der Waals surface area contributed by atoms with Crippen molar-refractivity contribution in [1.82, 2.24) is 44.9 Å². The minimum Gasteiger partial charge on any atom is -0.494 e. The van der Waals surface area contributed by atoms with Gasteiger partial charge >= 0.3 is 0 Å². The van der Waals surface area contributed by atoms with Crippen LogP contribution in [-0.2, 0) is 19.6 Å². The van der Waals surface area contributed by atoms with Crippen LogP contribution in [0.5, 0.6) is 5.75 Å². The number of carbonyl (C=O) groups excluding carboxylic acids is 1. The normalized spacial score (nSPS) is 13.9. The van der Waals surface area contributed by atoms with Crippen molar-refractivity contribution in [3.05, 3.63) is 41.5 Å². The van der Waals surface area contributed by atoms with Gasteiger partial charge in [0, 0.05) is 13.1 Å². The summed E-state index contributed by atoms with van der Waals surface area (Å²) >= 11 is 0. The fraction of sp³-hybridized carbons (Fsp3) is 0.438. The van der Waals surface area contributed by atoms with Gasteiger partial charge in [0.25, 0.3) is 5.91 Å². The van der Waals surface area contributed by atoms with Crippen LogP contribution in [0.3, 0.4) is 0 Å². The number of fused-ring (bicyclic) bond motifs is 1. The van der Waals surface area contributed by atoms with Crippen LogP contribution in [0.15, 0.2) is 18.6 Å². The van der Waals surface area contributed by atoms with Gasteiger partial charge in [-0.2, -0.15) is 0 Å². The summed E-state index contributed by atoms with van der Waals surface area (Å²) in [7, 11) is 1.53. The third-order valence-corrected chi connectivity index (χ3v) is 4.51. The lowest BCUT2D eigenvalue weighted by Gasteiger charge is -2.19. The Morgan fingerprint density at radius 3 is 2.70 bits per heavy atom. The highest BCUT2D eigenvalue weighted by Gasteiger charge is 2.26. The molecule has 0 radical (unpaired) electrons. The molecular formula is C16H19N9O2. The monoisotopic (exact) mass is 369 g/mol. The lowest BCUT2D eigenvalue weighted by molar-refractivity contribution is 0.0732. The van der Waals surface area contributed by atoms with E-state index in [4.69, 9.17) is 4.74 Å². The summed E-state index contributed by atoms with van der Waals surface area (Å²) in [4.78, 5) is 22.8. The number of nitrogens with zero attached hydrogens (tertiary/aromatic N) is 9. The smallest absolute Gasteiger partial charge is 0.292 e. The molecule has 0 aliphatic carbocycles. The van der Waals surface area contributed by atoms with Crippen LogP contribution >= 0.6 is 0 Å². The molecule has 1 aliphatic heterocycles. The molecule has 0 atom stereocenters. The van der Waals surface area contributed by atoms with Crippen LogP contribution in [0.1, 0.15) is 34.1 Å². The largest absolute Gasteiger partial charge is 0.494 e. The minimum atomic E-state index is -0.227. The minimum absolute atomic E-state index is 0.144. The van der Waals surface area contributed by atoms with Gasteiger partial charge < -0.3 is 9.64 Å². The van der Waals surface area contributed by atoms with Gasteiger partial charge in [0.1, 0.15) is 5.69 Å². The van der Waals surface area contributed by atoms with Crippen molar-refractivity contribution in [2.45, 2.75) is 33.0 Å². The van der Waals surface area contributed by atoms with Gasteiger partial charge in [-0.05, 0) is 13.3 Å². The Kier molecular flexibility index (Phi) is 4.48. The van der Waals surface area contributed by atoms with Gasteiger partial charge in [0.15, 0.2) is 5.75 Å². The first kappa shape index (κ1) is 17.1. The highest BCUT2D eigenvalue weighted by Crippen LogP contribution is 2.17. The number of hydrogen-bond donors (Lipinski definition) is 0. The van der Waals surface area contributed by atoms with Gasteiger partial charge in [-0.25, -0.2) is 19.3 Å². The zero-order valence-electron chi connectivity index (χ0n) is 15.1. The van der Waals surface area contributed by atoms with Gasteiger partial charge in [0.2, 0.25) is 5.82 Å². The van der Waals surface area contributed by atoms with E-state index < -0.39 is 0 Å². The molecule has 3 aromatic heterocycles. The number of hydrogen-bond acceptors (Lipinski definition) is 8. The fourth-order valence-electron chi connectivity index (χ4n) is 2.97. The summed E-state index contributed by atoms with van der Waals surface area (Å²) in [6, 6.07) is 0. The molecule has 0 aromatic carbocycles. The molecule has 0 unspecified atom stereocenters. The molecular weight excluding hydrogens is 350 g/mol. The van der Waals surface area contributed by atoms with Crippen molar-refractivity contribution in [3.8, 4) is 5.75 Å². The molecule has 1 aliphatic rings. The number of amides is 1. The van der Waals surface area contributed by atoms with Gasteiger partial charge in [-0.3, -0.25) is 4.79 Å². The van der Waals surface area contributed by atoms with Crippen molar-refractivity contribution >= 4 is 5.91 Å². The van der Waals surface area contributed by atoms with Crippen molar-refractivity contribution in [2.24, 2.45) is 0 Å². The maximum atomic E-state index is 12.8. The van der Waals surface area contributed by atoms with E-state index in [0.29, 0.717) is 31.9 Å². The van der Waals surface area contributed by atoms with E-state index in [1.807, 2.05) is 11.6 Å². The Morgan fingerprint density at radius 1 is 1.19 bits per heavy atom. The summed E-state index contributed by atoms with van der Waals surface area (Å²) in [6.07, 6.45) is 5.45. The Hall–Kier alpha value is -3.37. The number of methoxy groups -OCH3 is 1. The third kappa shape index (κ3) is 3.35. The summed E-state index contributed by atoms with van der Waals surface area (Å²) in [6.45, 7) is 4.08. The fourth-order valence-corrected chi connectivity index (χ4v) is 2.97. The van der Waals surface area contributed by atoms with E-state index in [0.717, 1.165) is 23.5 Å². The second-order valence-electron chi connectivity index (χ2n) is 6.27. The Morgan fingerprint density at radius 2 is 2.00 bits per heavy atom. The van der Waals surface area contributed by atoms with E-state index in [2.05, 4.69) is 30.6 Å². The molecule has 3 aromatic rings. The van der Waals surface area contributed by atoms with Gasteiger partial charge in [-0.1, -0.05) is 10.4 Å². The van der Waals surface area contributed by atoms with Crippen molar-refractivity contribution < 1.29 is 9.53 Å². The summed E-state index contributed by atoms with van der Waals surface area (Å²) < 4.78 is 8.65. The predicted molar refractivity (Wildman–Crippen MR) is 91.8 cm³/mol. The average Bonchev–Trinajstić information content (AvgIpc) is 3.20. The first-order valence-corrected chi connectivity index (χ1v) is 8.57. The van der Waals surface area contributed by atoms with E-state index in [1.54, 1.807) is 15.8 Å². The van der Waals surface area contributed by atoms with Crippen LogP contribution < -0.4 is 4.74 Å². The second-order valence-corrected chi connectivity index (χ2v) is 6.27. The van der Waals surface area contributed by atoms with E-state index >= 15 is 0 Å². The number of ether oxygens (including phenoxy) is 1. The molecule has 0 saturated carbocycles. The maximum absolute atomic E-state index is 12.8. The molecule has 1 amide bonds. The molecule has 0 fully saturated rings. The molecule has 4 rings (SSSR count). The van der Waals surface area contributed by atoms with Gasteiger partial charge in [-0.15, -0.1) is 10.2 Å². The Labute approximate surface area is 155 Å². The Bertz CT molecular complexity index is 947. The Balaban J connectivity index is 1.57. The number of rotatable bonds is 4. The molecule has 0 saturated heterocycles. The topological polar surface area (TPSA) is 117 Å². The lowest BCUT2D eigenvalue weighted by Crippen LogP contribution is -2.32. The first-order valence-electron chi connectivity index (χ1n) is 8.57. The van der Waals surface area contributed by atoms with E-state index in [1.165, 1.54) is 19.5 Å². The molecule has 140 valence electrons. The molecule has 27 heavy (non-hydrogen) atoms. The highest BCUT2D eigenvalue weighted by molar-refractivity contribution is 5.90. The standard InChI is InChI=1S/C16H19N9O2/c1-11-6-19-21-25(11)9-13-14-10-23(4-3-5-24(14)22-20-13)16(26)15-17-7-12(27-2)8-18-15/h6-8H,3-5,9-10H2,1-2H3. The summed E-state index contributed by atoms with van der Waals surface area (Å²) in [5.74, 6) is 0.427. The predicted octanol–water partition coefficient (Wildman–Crippen LogP) is 0.0710. The number of aromatic nitrogens is 8. The third-order valence-electron chi connectivity index (χ3n) is 4.51. The average molecular weight is 369 g/mol. The van der Waals surface area contributed by atoms with E-state index in [9.17, 15) is 4.79 Å². The van der Waals surface area contributed by atoms with Crippen molar-refractivity contribution in [2.75, 3.05) is 13.7 Å². The maximum Gasteiger partial charge on any atom is 0.292 e. The first-order chi connectivity index (χ1) is 13.2. The summed E-state index contributed by atoms with van der Waals surface area (Å²) in [5.41, 5.74) is 2.60. The van der Waals surface area contributed by atoms with E-state index in [-0.39, 0.29) is 11.7 Å². The number of aryl methyl sites for hydroxylation is 2. The highest BCUT2D eigenvalue weighted by atomic mass is 16.5. The zero-order chi connectivity index (χ0) is 18.8. The summed E-state index contributed by atoms with van der Waals surface area (Å²) in [5, 5.41) is 16.5. The van der Waals surface area contributed by atoms with Crippen LogP contribution in [0, 0.1) is 6.92 Å². The second kappa shape index (κ2) is 7.09. The molecule has 0 bridgehead atoms. The zero-order valence-corrected chi connectivity index (χ0v) is 15.1. The molecule has 0 spiro atoms. The molecule has 11 nitrogen and oxygen atoms in total. The molecule has 0 N–H and O–H groups in total. The van der Waals surface area contributed by atoms with Crippen LogP contribution in [0.4, 0.5) is 0 Å². The van der Waals surface area contributed by atoms with Gasteiger partial charge in [0.05, 0.1) is 50.2 Å². The van der Waals surface area contributed by atoms with Crippen LogP contribution in [-0.4, -0.2) is 64.4 Å². The van der Waals surface area contributed by atoms with Crippen molar-refractivity contribution in [3.63, 3.8) is 0 Å². The molecule has 11 heteroatoms. The number of carbonyl (C=O) groups is 1. The SMILES string of the molecule is COc1cnc(C(=O)N2CCCn3nnc(Cn4nncc4C)c3C2)nc1. The molecule has 4 heterocycles. The lowest BCUT2D eigenvalue weighted by atomic mass is 10.2. The van der Waals surface area contributed by atoms with Crippen LogP contribution in [0.2, 0.25) is 0 Å². The van der Waals surface area contributed by atoms with Crippen LogP contribution in [0.25, 0.3) is 0 Å².